The number of nitrogens with zero attached hydrogens (tertiary/aromatic N) is 1. The van der Waals surface area contributed by atoms with E-state index in [-0.39, 0.29) is 12.7 Å². The lowest BCUT2D eigenvalue weighted by Crippen LogP contribution is -2.39. The van der Waals surface area contributed by atoms with Crippen LogP contribution in [0.2, 0.25) is 0 Å². The molecule has 1 amide bonds. The van der Waals surface area contributed by atoms with Gasteiger partial charge in [0.1, 0.15) is 0 Å². The van der Waals surface area contributed by atoms with Crippen LogP contribution in [-0.2, 0) is 24.3 Å². The van der Waals surface area contributed by atoms with Gasteiger partial charge in [0.05, 0.1) is 6.54 Å². The first kappa shape index (κ1) is 15.0. The van der Waals surface area contributed by atoms with Crippen LogP contribution in [0.5, 0.6) is 11.5 Å². The molecule has 2 aliphatic heterocycles. The summed E-state index contributed by atoms with van der Waals surface area (Å²) in [5.41, 5.74) is 3.73. The van der Waals surface area contributed by atoms with Crippen LogP contribution < -0.4 is 14.8 Å². The summed E-state index contributed by atoms with van der Waals surface area (Å²) in [4.78, 5) is 14.4. The van der Waals surface area contributed by atoms with Gasteiger partial charge < -0.3 is 14.8 Å². The molecule has 24 heavy (non-hydrogen) atoms. The monoisotopic (exact) mass is 324 g/mol. The van der Waals surface area contributed by atoms with Crippen LogP contribution in [0.1, 0.15) is 16.7 Å². The number of ether oxygens (including phenoxy) is 2. The lowest BCUT2D eigenvalue weighted by atomic mass is 10.00. The zero-order chi connectivity index (χ0) is 16.4. The molecule has 2 aromatic rings. The predicted octanol–water partition coefficient (Wildman–Crippen LogP) is 2.09. The van der Waals surface area contributed by atoms with Gasteiger partial charge in [-0.15, -0.1) is 0 Å². The fraction of sp³-hybridized carbons (Fsp3) is 0.316. The molecular weight excluding hydrogens is 304 g/mol. The van der Waals surface area contributed by atoms with E-state index in [1.54, 1.807) is 0 Å². The van der Waals surface area contributed by atoms with Gasteiger partial charge in [0.2, 0.25) is 12.7 Å². The third-order valence-corrected chi connectivity index (χ3v) is 4.50. The van der Waals surface area contributed by atoms with Crippen molar-refractivity contribution < 1.29 is 14.3 Å². The lowest BCUT2D eigenvalue weighted by Gasteiger charge is -2.28. The second-order valence-electron chi connectivity index (χ2n) is 6.19. The molecule has 2 aliphatic rings. The largest absolute Gasteiger partial charge is 0.454 e. The average molecular weight is 324 g/mol. The minimum absolute atomic E-state index is 0.0482. The minimum Gasteiger partial charge on any atom is -0.454 e. The molecule has 0 aromatic heterocycles. The van der Waals surface area contributed by atoms with Crippen LogP contribution in [-0.4, -0.2) is 30.7 Å². The molecule has 0 radical (unpaired) electrons. The summed E-state index contributed by atoms with van der Waals surface area (Å²) in [5.74, 6) is 1.55. The Morgan fingerprint density at radius 1 is 1.08 bits per heavy atom. The number of carbonyl (C=O) groups is 1. The first-order chi connectivity index (χ1) is 11.8. The Kier molecular flexibility index (Phi) is 4.09. The van der Waals surface area contributed by atoms with Crippen LogP contribution in [0.4, 0.5) is 0 Å². The highest BCUT2D eigenvalue weighted by atomic mass is 16.7. The Balaban J connectivity index is 1.30. The summed E-state index contributed by atoms with van der Waals surface area (Å²) in [6.45, 7) is 2.96. The number of fused-ring (bicyclic) bond motifs is 2. The molecular formula is C19H20N2O3. The Morgan fingerprint density at radius 3 is 2.83 bits per heavy atom. The minimum atomic E-state index is 0.0482. The highest BCUT2D eigenvalue weighted by molar-refractivity contribution is 5.78. The molecule has 4 rings (SSSR count). The number of nitrogens with one attached hydrogen (secondary N) is 1. The zero-order valence-electron chi connectivity index (χ0n) is 13.5. The van der Waals surface area contributed by atoms with E-state index in [0.29, 0.717) is 13.1 Å². The summed E-state index contributed by atoms with van der Waals surface area (Å²) in [7, 11) is 0. The van der Waals surface area contributed by atoms with E-state index in [4.69, 9.17) is 9.47 Å². The predicted molar refractivity (Wildman–Crippen MR) is 89.8 cm³/mol. The zero-order valence-corrected chi connectivity index (χ0v) is 13.5. The lowest BCUT2D eigenvalue weighted by molar-refractivity contribution is -0.122. The van der Waals surface area contributed by atoms with Crippen LogP contribution in [0.15, 0.2) is 42.5 Å². The quantitative estimate of drug-likeness (QED) is 0.936. The number of rotatable bonds is 4. The molecule has 1 N–H and O–H groups in total. The molecule has 0 fully saturated rings. The molecule has 5 nitrogen and oxygen atoms in total. The number of amides is 1. The van der Waals surface area contributed by atoms with Crippen molar-refractivity contribution in [1.82, 2.24) is 10.2 Å². The standard InChI is InChI=1S/C19H20N2O3/c22-19(12-21-8-7-15-3-1-2-4-16(15)11-21)20-10-14-5-6-17-18(9-14)24-13-23-17/h1-6,9H,7-8,10-13H2,(H,20,22). The maximum absolute atomic E-state index is 12.2. The van der Waals surface area contributed by atoms with Crippen molar-refractivity contribution in [2.24, 2.45) is 0 Å². The Hall–Kier alpha value is -2.53. The van der Waals surface area contributed by atoms with Gasteiger partial charge >= 0.3 is 0 Å². The van der Waals surface area contributed by atoms with Gasteiger partial charge in [-0.1, -0.05) is 30.3 Å². The molecule has 0 aliphatic carbocycles. The number of benzene rings is 2. The highest BCUT2D eigenvalue weighted by Crippen LogP contribution is 2.32. The normalized spacial score (nSPS) is 15.8. The van der Waals surface area contributed by atoms with Gasteiger partial charge in [0.25, 0.3) is 0 Å². The molecule has 0 bridgehead atoms. The molecule has 0 saturated heterocycles. The van der Waals surface area contributed by atoms with E-state index >= 15 is 0 Å². The van der Waals surface area contributed by atoms with Crippen molar-refractivity contribution in [3.8, 4) is 11.5 Å². The van der Waals surface area contributed by atoms with Gasteiger partial charge in [-0.05, 0) is 35.2 Å². The number of hydrogen-bond donors (Lipinski definition) is 1. The second kappa shape index (κ2) is 6.53. The molecule has 0 atom stereocenters. The average Bonchev–Trinajstić information content (AvgIpc) is 3.07. The van der Waals surface area contributed by atoms with Gasteiger partial charge in [0, 0.05) is 19.6 Å². The summed E-state index contributed by atoms with van der Waals surface area (Å²) in [6.07, 6.45) is 1.01. The Bertz CT molecular complexity index is 760. The van der Waals surface area contributed by atoms with Crippen molar-refractivity contribution in [2.45, 2.75) is 19.5 Å². The van der Waals surface area contributed by atoms with E-state index in [1.807, 2.05) is 18.2 Å². The molecule has 2 aromatic carbocycles. The van der Waals surface area contributed by atoms with Crippen LogP contribution in [0, 0.1) is 0 Å². The van der Waals surface area contributed by atoms with Gasteiger partial charge in [0.15, 0.2) is 11.5 Å². The third kappa shape index (κ3) is 3.21. The van der Waals surface area contributed by atoms with Gasteiger partial charge in [-0.25, -0.2) is 0 Å². The van der Waals surface area contributed by atoms with Gasteiger partial charge in [-0.2, -0.15) is 0 Å². The van der Waals surface area contributed by atoms with E-state index in [2.05, 4.69) is 34.5 Å². The Labute approximate surface area is 141 Å². The van der Waals surface area contributed by atoms with Crippen LogP contribution in [0.3, 0.4) is 0 Å². The number of carbonyl (C=O) groups excluding carboxylic acids is 1. The topological polar surface area (TPSA) is 50.8 Å². The van der Waals surface area contributed by atoms with Crippen molar-refractivity contribution in [2.75, 3.05) is 19.9 Å². The molecule has 5 heteroatoms. The molecule has 2 heterocycles. The van der Waals surface area contributed by atoms with Gasteiger partial charge in [-0.3, -0.25) is 9.69 Å². The first-order valence-corrected chi connectivity index (χ1v) is 8.22. The summed E-state index contributed by atoms with van der Waals surface area (Å²) in [6, 6.07) is 14.2. The van der Waals surface area contributed by atoms with Crippen molar-refractivity contribution in [3.05, 3.63) is 59.2 Å². The van der Waals surface area contributed by atoms with E-state index in [0.717, 1.165) is 36.6 Å². The van der Waals surface area contributed by atoms with Crippen LogP contribution >= 0.6 is 0 Å². The van der Waals surface area contributed by atoms with Crippen molar-refractivity contribution in [1.29, 1.82) is 0 Å². The summed E-state index contributed by atoms with van der Waals surface area (Å²) >= 11 is 0. The first-order valence-electron chi connectivity index (χ1n) is 8.22. The van der Waals surface area contributed by atoms with E-state index in [1.165, 1.54) is 11.1 Å². The van der Waals surface area contributed by atoms with Crippen molar-refractivity contribution in [3.63, 3.8) is 0 Å². The SMILES string of the molecule is O=C(CN1CCc2ccccc2C1)NCc1ccc2c(c1)OCO2. The van der Waals surface area contributed by atoms with Crippen LogP contribution in [0.25, 0.3) is 0 Å². The molecule has 0 unspecified atom stereocenters. The smallest absolute Gasteiger partial charge is 0.234 e. The summed E-state index contributed by atoms with van der Waals surface area (Å²) < 4.78 is 10.6. The van der Waals surface area contributed by atoms with Crippen molar-refractivity contribution >= 4 is 5.91 Å². The third-order valence-electron chi connectivity index (χ3n) is 4.50. The molecule has 124 valence electrons. The fourth-order valence-electron chi connectivity index (χ4n) is 3.20. The molecule has 0 saturated carbocycles. The highest BCUT2D eigenvalue weighted by Gasteiger charge is 2.18. The number of hydrogen-bond acceptors (Lipinski definition) is 4. The molecule has 0 spiro atoms. The maximum atomic E-state index is 12.2. The van der Waals surface area contributed by atoms with E-state index < -0.39 is 0 Å². The van der Waals surface area contributed by atoms with E-state index in [9.17, 15) is 4.79 Å². The fourth-order valence-corrected chi connectivity index (χ4v) is 3.20. The second-order valence-corrected chi connectivity index (χ2v) is 6.19. The summed E-state index contributed by atoms with van der Waals surface area (Å²) in [5, 5.41) is 2.98. The Morgan fingerprint density at radius 2 is 1.92 bits per heavy atom. The maximum Gasteiger partial charge on any atom is 0.234 e.